The van der Waals surface area contributed by atoms with Crippen LogP contribution in [-0.4, -0.2) is 53.7 Å². The zero-order valence-electron chi connectivity index (χ0n) is 15.8. The molecule has 0 N–H and O–H groups in total. The Morgan fingerprint density at radius 2 is 1.96 bits per heavy atom. The molecule has 1 heterocycles. The smallest absolute Gasteiger partial charge is 0.261 e. The lowest BCUT2D eigenvalue weighted by Crippen LogP contribution is -2.47. The lowest BCUT2D eigenvalue weighted by atomic mass is 9.69. The van der Waals surface area contributed by atoms with Crippen molar-refractivity contribution in [2.75, 3.05) is 17.3 Å². The van der Waals surface area contributed by atoms with Gasteiger partial charge in [0, 0.05) is 22.6 Å². The molecule has 148 valence electrons. The molecule has 2 saturated carbocycles. The van der Waals surface area contributed by atoms with Crippen molar-refractivity contribution in [1.82, 2.24) is 4.31 Å². The maximum absolute atomic E-state index is 13.3. The van der Waals surface area contributed by atoms with Crippen LogP contribution in [0.3, 0.4) is 0 Å². The van der Waals surface area contributed by atoms with Crippen LogP contribution in [0.1, 0.15) is 52.9 Å². The number of hydrogen-bond donors (Lipinski definition) is 2. The average molecular weight is 419 g/mol. The number of hydrogen-bond acceptors (Lipinski definition) is 6. The van der Waals surface area contributed by atoms with E-state index in [9.17, 15) is 13.2 Å². The highest BCUT2D eigenvalue weighted by molar-refractivity contribution is 7.90. The minimum absolute atomic E-state index is 0.0371. The van der Waals surface area contributed by atoms with Gasteiger partial charge in [0.1, 0.15) is 6.04 Å². The van der Waals surface area contributed by atoms with Gasteiger partial charge in [-0.05, 0) is 37.0 Å². The second kappa shape index (κ2) is 6.99. The Bertz CT molecular complexity index is 713. The van der Waals surface area contributed by atoms with E-state index in [4.69, 9.17) is 0 Å². The Morgan fingerprint density at radius 1 is 1.31 bits per heavy atom. The van der Waals surface area contributed by atoms with Crippen molar-refractivity contribution in [3.8, 4) is 0 Å². The van der Waals surface area contributed by atoms with Crippen molar-refractivity contribution in [3.05, 3.63) is 0 Å². The predicted molar refractivity (Wildman–Crippen MR) is 112 cm³/mol. The topological polar surface area (TPSA) is 66.8 Å². The van der Waals surface area contributed by atoms with E-state index in [2.05, 4.69) is 44.1 Å². The molecule has 1 amide bonds. The summed E-state index contributed by atoms with van der Waals surface area (Å²) in [5.41, 5.74) is 0.399. The van der Waals surface area contributed by atoms with Crippen molar-refractivity contribution < 1.29 is 13.2 Å². The van der Waals surface area contributed by atoms with E-state index in [0.29, 0.717) is 23.8 Å². The fourth-order valence-corrected chi connectivity index (χ4v) is 8.73. The lowest BCUT2D eigenvalue weighted by molar-refractivity contribution is -0.130. The third-order valence-electron chi connectivity index (χ3n) is 7.18. The second-order valence-electron chi connectivity index (χ2n) is 8.57. The number of fused-ring (bicyclic) bond motifs is 1. The molecule has 0 aromatic carbocycles. The Balaban J connectivity index is 1.97. The van der Waals surface area contributed by atoms with Crippen molar-refractivity contribution in [2.45, 2.75) is 65.0 Å². The van der Waals surface area contributed by atoms with Gasteiger partial charge in [0.2, 0.25) is 10.0 Å². The summed E-state index contributed by atoms with van der Waals surface area (Å²) >= 11 is 8.49. The third-order valence-corrected chi connectivity index (χ3v) is 9.82. The third kappa shape index (κ3) is 2.85. The summed E-state index contributed by atoms with van der Waals surface area (Å²) in [6.45, 7) is 6.36. The van der Waals surface area contributed by atoms with Gasteiger partial charge < -0.3 is 0 Å². The van der Waals surface area contributed by atoms with Gasteiger partial charge in [-0.15, -0.1) is 0 Å². The van der Waals surface area contributed by atoms with Crippen LogP contribution in [0.2, 0.25) is 0 Å². The van der Waals surface area contributed by atoms with Gasteiger partial charge in [-0.2, -0.15) is 25.3 Å². The first-order valence-electron chi connectivity index (χ1n) is 9.48. The highest BCUT2D eigenvalue weighted by Crippen LogP contribution is 2.70. The van der Waals surface area contributed by atoms with E-state index in [-0.39, 0.29) is 28.5 Å². The van der Waals surface area contributed by atoms with Gasteiger partial charge in [0.05, 0.1) is 11.8 Å². The molecule has 0 aromatic heterocycles. The molecule has 1 saturated heterocycles. The lowest BCUT2D eigenvalue weighted by Gasteiger charge is -2.37. The molecule has 8 heteroatoms. The molecular formula is C18H30N2O3S3. The second-order valence-corrected chi connectivity index (χ2v) is 11.0. The van der Waals surface area contributed by atoms with E-state index in [1.54, 1.807) is 0 Å². The summed E-state index contributed by atoms with van der Waals surface area (Å²) in [6, 6.07) is -0.847. The van der Waals surface area contributed by atoms with Gasteiger partial charge >= 0.3 is 0 Å². The average Bonchev–Trinajstić information content (AvgIpc) is 3.05. The largest absolute Gasteiger partial charge is 0.279 e. The number of aliphatic imine (C=N–C) groups is 1. The molecule has 0 aromatic rings. The molecule has 2 bridgehead atoms. The van der Waals surface area contributed by atoms with Crippen molar-refractivity contribution in [2.24, 2.45) is 21.7 Å². The number of sulfonamides is 1. The fraction of sp³-hybridized carbons (Fsp3) is 0.889. The molecule has 26 heavy (non-hydrogen) atoms. The van der Waals surface area contributed by atoms with Crippen LogP contribution in [-0.2, 0) is 14.8 Å². The molecule has 3 rings (SSSR count). The Morgan fingerprint density at radius 3 is 2.50 bits per heavy atom. The zero-order chi connectivity index (χ0) is 19.3. The van der Waals surface area contributed by atoms with Gasteiger partial charge in [-0.3, -0.25) is 9.79 Å². The first-order valence-corrected chi connectivity index (χ1v) is 12.3. The van der Waals surface area contributed by atoms with E-state index >= 15 is 0 Å². The van der Waals surface area contributed by atoms with E-state index in [1.165, 1.54) is 4.31 Å². The van der Waals surface area contributed by atoms with Crippen LogP contribution in [0.5, 0.6) is 0 Å². The Labute approximate surface area is 168 Å². The zero-order valence-corrected chi connectivity index (χ0v) is 18.4. The van der Waals surface area contributed by atoms with E-state index in [1.807, 2.05) is 6.92 Å². The van der Waals surface area contributed by atoms with Crippen molar-refractivity contribution >= 4 is 46.9 Å². The van der Waals surface area contributed by atoms with Gasteiger partial charge in [-0.1, -0.05) is 27.2 Å². The molecule has 1 spiro atoms. The summed E-state index contributed by atoms with van der Waals surface area (Å²) in [4.78, 5) is 17.9. The molecule has 3 aliphatic rings. The molecule has 1 aliphatic heterocycles. The maximum atomic E-state index is 13.3. The number of rotatable bonds is 6. The van der Waals surface area contributed by atoms with Gasteiger partial charge in [0.25, 0.3) is 5.91 Å². The molecular weight excluding hydrogens is 388 g/mol. The molecule has 0 radical (unpaired) electrons. The fourth-order valence-electron chi connectivity index (χ4n) is 5.59. The highest BCUT2D eigenvalue weighted by Gasteiger charge is 2.72. The highest BCUT2D eigenvalue weighted by atomic mass is 32.2. The number of carbonyl (C=O) groups is 1. The normalized spacial score (nSPS) is 34.6. The molecule has 3 fully saturated rings. The van der Waals surface area contributed by atoms with Crippen LogP contribution >= 0.6 is 25.3 Å². The summed E-state index contributed by atoms with van der Waals surface area (Å²) in [7, 11) is -3.60. The standard InChI is InChI=1S/C18H30N2O3S3/c1-4-5-14(19-13(9-24)10-25)16(21)20-15-8-12-6-7-18(15,17(12,2)3)11-26(20,22)23/h12,14-15,24-25H,4-11H2,1-3H3/t12?,14-,15?,18+/m1/s1. The molecule has 2 aliphatic carbocycles. The van der Waals surface area contributed by atoms with E-state index < -0.39 is 16.1 Å². The SMILES string of the molecule is CCC[C@@H](N=C(CS)CS)C(=O)N1C2CC3CC[C@@]2(CS1(=O)=O)C3(C)C. The Hall–Kier alpha value is -0.210. The maximum Gasteiger partial charge on any atom is 0.261 e. The van der Waals surface area contributed by atoms with Gasteiger partial charge in [0.15, 0.2) is 0 Å². The minimum atomic E-state index is -3.60. The van der Waals surface area contributed by atoms with Crippen LogP contribution in [0.25, 0.3) is 0 Å². The number of amides is 1. The van der Waals surface area contributed by atoms with Gasteiger partial charge in [-0.25, -0.2) is 12.7 Å². The number of nitrogens with zero attached hydrogens (tertiary/aromatic N) is 2. The first kappa shape index (κ1) is 20.5. The predicted octanol–water partition coefficient (Wildman–Crippen LogP) is 2.82. The quantitative estimate of drug-likeness (QED) is 0.515. The van der Waals surface area contributed by atoms with Crippen LogP contribution in [0, 0.1) is 16.7 Å². The molecule has 4 atom stereocenters. The first-order chi connectivity index (χ1) is 12.1. The van der Waals surface area contributed by atoms with Crippen molar-refractivity contribution in [3.63, 3.8) is 0 Å². The summed E-state index contributed by atoms with van der Waals surface area (Å²) < 4.78 is 27.3. The van der Waals surface area contributed by atoms with Crippen molar-refractivity contribution in [1.29, 1.82) is 0 Å². The van der Waals surface area contributed by atoms with Crippen LogP contribution < -0.4 is 0 Å². The number of thiol groups is 2. The summed E-state index contributed by atoms with van der Waals surface area (Å²) in [5, 5.41) is 0. The van der Waals surface area contributed by atoms with Crippen LogP contribution in [0.15, 0.2) is 4.99 Å². The number of carbonyl (C=O) groups excluding carboxylic acids is 1. The van der Waals surface area contributed by atoms with E-state index in [0.717, 1.165) is 31.4 Å². The van der Waals surface area contributed by atoms with Crippen LogP contribution in [0.4, 0.5) is 0 Å². The molecule has 5 nitrogen and oxygen atoms in total. The summed E-state index contributed by atoms with van der Waals surface area (Å²) in [5.74, 6) is 1.10. The molecule has 2 unspecified atom stereocenters. The summed E-state index contributed by atoms with van der Waals surface area (Å²) in [6.07, 6.45) is 4.08. The monoisotopic (exact) mass is 418 g/mol. The minimum Gasteiger partial charge on any atom is -0.279 e. The Kier molecular flexibility index (Phi) is 5.52.